The molecule has 242 valence electrons. The van der Waals surface area contributed by atoms with E-state index >= 15 is 0 Å². The van der Waals surface area contributed by atoms with Gasteiger partial charge in [-0.25, -0.2) is 4.98 Å². The van der Waals surface area contributed by atoms with Crippen LogP contribution >= 0.6 is 11.8 Å². The first kappa shape index (κ1) is 28.0. The van der Waals surface area contributed by atoms with Crippen LogP contribution in [0.25, 0.3) is 100.0 Å². The van der Waals surface area contributed by atoms with Gasteiger partial charge in [-0.05, 0) is 53.2 Å². The Morgan fingerprint density at radius 2 is 1.23 bits per heavy atom. The van der Waals surface area contributed by atoms with Gasteiger partial charge in [0.2, 0.25) is 5.95 Å². The van der Waals surface area contributed by atoms with Gasteiger partial charge in [0, 0.05) is 47.8 Å². The smallest absolute Gasteiger partial charge is 0.239 e. The van der Waals surface area contributed by atoms with Crippen LogP contribution < -0.4 is 0 Å². The molecule has 5 heterocycles. The van der Waals surface area contributed by atoms with E-state index in [1.807, 2.05) is 42.1 Å². The minimum Gasteiger partial charge on any atom is -0.456 e. The summed E-state index contributed by atoms with van der Waals surface area (Å²) in [6, 6.07) is 53.0. The van der Waals surface area contributed by atoms with Crippen molar-refractivity contribution in [1.82, 2.24) is 24.1 Å². The molecule has 11 aromatic rings. The van der Waals surface area contributed by atoms with E-state index in [0.29, 0.717) is 17.6 Å². The minimum absolute atomic E-state index is 0.556. The highest BCUT2D eigenvalue weighted by Gasteiger charge is 2.29. The van der Waals surface area contributed by atoms with Gasteiger partial charge in [-0.2, -0.15) is 9.97 Å². The van der Waals surface area contributed by atoms with Gasteiger partial charge in [0.05, 0.1) is 16.7 Å². The van der Waals surface area contributed by atoms with E-state index in [-0.39, 0.29) is 0 Å². The van der Waals surface area contributed by atoms with Crippen LogP contribution in [-0.4, -0.2) is 24.1 Å². The third-order valence-corrected chi connectivity index (χ3v) is 11.5. The third kappa shape index (κ3) is 3.83. The van der Waals surface area contributed by atoms with E-state index in [0.717, 1.165) is 60.7 Å². The van der Waals surface area contributed by atoms with Gasteiger partial charge >= 0.3 is 0 Å². The molecule has 0 bridgehead atoms. The number of furan rings is 1. The van der Waals surface area contributed by atoms with Crippen molar-refractivity contribution in [2.45, 2.75) is 9.79 Å². The molecule has 0 aliphatic carbocycles. The summed E-state index contributed by atoms with van der Waals surface area (Å²) in [5.74, 6) is 1.75. The SMILES string of the molecule is c1ccc2c(c1)Sc1cccc3c4c5ccccc5n(-c5nc(-c6ccc7ccccc7c6)nc(-c6cccc7oc8ccccc8c67)n5)c4n-2c13. The fraction of sp³-hybridized carbons (Fsp3) is 0. The van der Waals surface area contributed by atoms with E-state index in [1.165, 1.54) is 31.5 Å². The molecule has 0 fully saturated rings. The van der Waals surface area contributed by atoms with Gasteiger partial charge in [-0.15, -0.1) is 0 Å². The predicted octanol–water partition coefficient (Wildman–Crippen LogP) is 11.8. The second-order valence-corrected chi connectivity index (χ2v) is 14.3. The number of hydrogen-bond acceptors (Lipinski definition) is 5. The summed E-state index contributed by atoms with van der Waals surface area (Å²) in [7, 11) is 0. The Bertz CT molecular complexity index is 3300. The monoisotopic (exact) mass is 683 g/mol. The molecule has 4 aromatic heterocycles. The Labute approximate surface area is 300 Å². The molecule has 0 atom stereocenters. The molecule has 1 aliphatic heterocycles. The zero-order chi connectivity index (χ0) is 33.9. The van der Waals surface area contributed by atoms with Crippen LogP contribution in [0.3, 0.4) is 0 Å². The van der Waals surface area contributed by atoms with Gasteiger partial charge < -0.3 is 4.42 Å². The fourth-order valence-electron chi connectivity index (χ4n) is 8.13. The highest BCUT2D eigenvalue weighted by Crippen LogP contribution is 2.49. The van der Waals surface area contributed by atoms with Crippen LogP contribution in [0.4, 0.5) is 0 Å². The van der Waals surface area contributed by atoms with Crippen molar-refractivity contribution >= 4 is 77.3 Å². The van der Waals surface area contributed by atoms with Crippen LogP contribution in [0.5, 0.6) is 0 Å². The molecule has 0 N–H and O–H groups in total. The van der Waals surface area contributed by atoms with Crippen LogP contribution in [0, 0.1) is 0 Å². The lowest BCUT2D eigenvalue weighted by Crippen LogP contribution is -2.10. The molecule has 0 spiro atoms. The van der Waals surface area contributed by atoms with Crippen molar-refractivity contribution in [2.75, 3.05) is 0 Å². The molecule has 0 saturated carbocycles. The van der Waals surface area contributed by atoms with Crippen molar-refractivity contribution in [3.8, 4) is 34.4 Å². The molecule has 7 aromatic carbocycles. The molecule has 0 unspecified atom stereocenters. The van der Waals surface area contributed by atoms with Crippen LogP contribution in [0.1, 0.15) is 0 Å². The maximum absolute atomic E-state index is 6.33. The molecule has 12 rings (SSSR count). The van der Waals surface area contributed by atoms with Gasteiger partial charge in [0.1, 0.15) is 16.8 Å². The molecular weight excluding hydrogens is 659 g/mol. The van der Waals surface area contributed by atoms with Gasteiger partial charge in [-0.3, -0.25) is 9.13 Å². The van der Waals surface area contributed by atoms with E-state index in [1.54, 1.807) is 0 Å². The number of nitrogens with zero attached hydrogens (tertiary/aromatic N) is 5. The summed E-state index contributed by atoms with van der Waals surface area (Å²) < 4.78 is 11.0. The second-order valence-electron chi connectivity index (χ2n) is 13.2. The lowest BCUT2D eigenvalue weighted by Gasteiger charge is -2.20. The zero-order valence-electron chi connectivity index (χ0n) is 27.5. The number of aromatic nitrogens is 5. The summed E-state index contributed by atoms with van der Waals surface area (Å²) >= 11 is 1.82. The summed E-state index contributed by atoms with van der Waals surface area (Å²) in [4.78, 5) is 18.4. The van der Waals surface area contributed by atoms with Crippen molar-refractivity contribution in [1.29, 1.82) is 0 Å². The van der Waals surface area contributed by atoms with Crippen LogP contribution in [0.15, 0.2) is 166 Å². The summed E-state index contributed by atoms with van der Waals surface area (Å²) in [6.07, 6.45) is 0. The minimum atomic E-state index is 0.556. The zero-order valence-corrected chi connectivity index (χ0v) is 28.3. The van der Waals surface area contributed by atoms with E-state index in [4.69, 9.17) is 19.4 Å². The van der Waals surface area contributed by atoms with Gasteiger partial charge in [0.15, 0.2) is 11.6 Å². The number of benzene rings is 7. The fourth-order valence-corrected chi connectivity index (χ4v) is 9.23. The number of rotatable bonds is 3. The van der Waals surface area contributed by atoms with Crippen LogP contribution in [0.2, 0.25) is 0 Å². The first-order valence-electron chi connectivity index (χ1n) is 17.3. The standard InChI is InChI=1S/C45H25N5OS/c1-2-12-27-25-28(24-23-26(27)11-1)42-46-43(32-16-9-20-36-39(32)30-14-4-7-19-35(30)51-36)48-45(47-42)50-33-17-5-3-13-29(33)40-31-15-10-22-38-41(31)49(44(40)50)34-18-6-8-21-37(34)52-38/h1-25H. The number of hydrogen-bond donors (Lipinski definition) is 0. The van der Waals surface area contributed by atoms with E-state index < -0.39 is 0 Å². The number of para-hydroxylation sites is 4. The molecule has 6 nitrogen and oxygen atoms in total. The molecule has 52 heavy (non-hydrogen) atoms. The van der Waals surface area contributed by atoms with E-state index in [9.17, 15) is 0 Å². The number of fused-ring (bicyclic) bond motifs is 11. The molecule has 1 aliphatic rings. The second kappa shape index (κ2) is 10.4. The highest BCUT2D eigenvalue weighted by molar-refractivity contribution is 7.99. The summed E-state index contributed by atoms with van der Waals surface area (Å²) in [6.45, 7) is 0. The normalized spacial score (nSPS) is 12.5. The van der Waals surface area contributed by atoms with Gasteiger partial charge in [0.25, 0.3) is 0 Å². The van der Waals surface area contributed by atoms with Crippen molar-refractivity contribution in [3.63, 3.8) is 0 Å². The van der Waals surface area contributed by atoms with Crippen molar-refractivity contribution < 1.29 is 4.42 Å². The molecular formula is C45H25N5OS. The Morgan fingerprint density at radius 3 is 2.19 bits per heavy atom. The lowest BCUT2D eigenvalue weighted by molar-refractivity contribution is 0.669. The predicted molar refractivity (Wildman–Crippen MR) is 211 cm³/mol. The Kier molecular flexibility index (Phi) is 5.62. The largest absolute Gasteiger partial charge is 0.456 e. The maximum Gasteiger partial charge on any atom is 0.239 e. The summed E-state index contributed by atoms with van der Waals surface area (Å²) in [5.41, 5.74) is 7.86. The van der Waals surface area contributed by atoms with Crippen LogP contribution in [-0.2, 0) is 0 Å². The first-order chi connectivity index (χ1) is 25.8. The topological polar surface area (TPSA) is 61.7 Å². The lowest BCUT2D eigenvalue weighted by atomic mass is 10.1. The molecule has 7 heteroatoms. The van der Waals surface area contributed by atoms with Gasteiger partial charge in [-0.1, -0.05) is 121 Å². The summed E-state index contributed by atoms with van der Waals surface area (Å²) in [5, 5.41) is 7.86. The average Bonchev–Trinajstić information content (AvgIpc) is 3.86. The first-order valence-corrected chi connectivity index (χ1v) is 18.1. The Balaban J connectivity index is 1.24. The Hall–Kier alpha value is -6.70. The van der Waals surface area contributed by atoms with E-state index in [2.05, 4.69) is 130 Å². The molecule has 0 amide bonds. The van der Waals surface area contributed by atoms with Crippen molar-refractivity contribution in [2.24, 2.45) is 0 Å². The Morgan fingerprint density at radius 1 is 0.500 bits per heavy atom. The van der Waals surface area contributed by atoms with Crippen molar-refractivity contribution in [3.05, 3.63) is 152 Å². The highest BCUT2D eigenvalue weighted by atomic mass is 32.2. The average molecular weight is 684 g/mol. The molecule has 0 radical (unpaired) electrons. The quantitative estimate of drug-likeness (QED) is 0.185. The maximum atomic E-state index is 6.33. The molecule has 0 saturated heterocycles. The third-order valence-electron chi connectivity index (χ3n) is 10.4.